The van der Waals surface area contributed by atoms with E-state index in [1.54, 1.807) is 6.20 Å². The summed E-state index contributed by atoms with van der Waals surface area (Å²) in [5, 5.41) is 0. The highest BCUT2D eigenvalue weighted by atomic mass is 79.9. The molecule has 11 heavy (non-hydrogen) atoms. The standard InChI is InChI=1S/C7H6Br3N/c1-2-5-7(10)6(9)4(8)3-11-5/h3H,2H2,1H3. The highest BCUT2D eigenvalue weighted by Crippen LogP contribution is 2.32. The quantitative estimate of drug-likeness (QED) is 0.753. The number of rotatable bonds is 1. The third-order valence-electron chi connectivity index (χ3n) is 1.32. The van der Waals surface area contributed by atoms with Crippen molar-refractivity contribution >= 4 is 47.8 Å². The van der Waals surface area contributed by atoms with Crippen LogP contribution < -0.4 is 0 Å². The van der Waals surface area contributed by atoms with Crippen molar-refractivity contribution in [3.63, 3.8) is 0 Å². The second kappa shape index (κ2) is 4.01. The van der Waals surface area contributed by atoms with Crippen LogP contribution in [0.3, 0.4) is 0 Å². The van der Waals surface area contributed by atoms with Gasteiger partial charge in [-0.3, -0.25) is 4.98 Å². The topological polar surface area (TPSA) is 12.9 Å². The van der Waals surface area contributed by atoms with Gasteiger partial charge < -0.3 is 0 Å². The second-order valence-corrected chi connectivity index (χ2v) is 4.47. The molecule has 0 aliphatic carbocycles. The summed E-state index contributed by atoms with van der Waals surface area (Å²) < 4.78 is 3.04. The minimum Gasteiger partial charge on any atom is -0.259 e. The molecule has 4 heteroatoms. The summed E-state index contributed by atoms with van der Waals surface area (Å²) in [5.41, 5.74) is 1.07. The zero-order valence-electron chi connectivity index (χ0n) is 5.87. The summed E-state index contributed by atoms with van der Waals surface area (Å²) >= 11 is 10.3. The maximum Gasteiger partial charge on any atom is 0.0555 e. The Morgan fingerprint density at radius 1 is 1.27 bits per heavy atom. The number of aromatic nitrogens is 1. The molecule has 0 fully saturated rings. The zero-order valence-corrected chi connectivity index (χ0v) is 10.6. The Kier molecular flexibility index (Phi) is 3.52. The first-order valence-corrected chi connectivity index (χ1v) is 5.53. The summed E-state index contributed by atoms with van der Waals surface area (Å²) in [7, 11) is 0. The van der Waals surface area contributed by atoms with E-state index >= 15 is 0 Å². The molecule has 0 saturated carbocycles. The van der Waals surface area contributed by atoms with Gasteiger partial charge in [-0.2, -0.15) is 0 Å². The van der Waals surface area contributed by atoms with Gasteiger partial charge in [0.25, 0.3) is 0 Å². The molecule has 0 N–H and O–H groups in total. The van der Waals surface area contributed by atoms with Gasteiger partial charge in [-0.05, 0) is 54.2 Å². The Morgan fingerprint density at radius 3 is 2.45 bits per heavy atom. The molecule has 0 aliphatic rings. The Morgan fingerprint density at radius 2 is 1.91 bits per heavy atom. The fourth-order valence-electron chi connectivity index (χ4n) is 0.726. The lowest BCUT2D eigenvalue weighted by Gasteiger charge is -2.03. The first kappa shape index (κ1) is 9.68. The minimum absolute atomic E-state index is 0.937. The van der Waals surface area contributed by atoms with Gasteiger partial charge in [0.05, 0.1) is 14.6 Å². The van der Waals surface area contributed by atoms with Crippen molar-refractivity contribution < 1.29 is 0 Å². The van der Waals surface area contributed by atoms with Gasteiger partial charge in [0.15, 0.2) is 0 Å². The third-order valence-corrected chi connectivity index (χ3v) is 4.67. The number of hydrogen-bond donors (Lipinski definition) is 0. The maximum atomic E-state index is 4.23. The Labute approximate surface area is 91.0 Å². The minimum atomic E-state index is 0.937. The average molecular weight is 344 g/mol. The summed E-state index contributed by atoms with van der Waals surface area (Å²) in [5.74, 6) is 0. The van der Waals surface area contributed by atoms with E-state index in [0.717, 1.165) is 25.5 Å². The van der Waals surface area contributed by atoms with Crippen LogP contribution in [-0.2, 0) is 6.42 Å². The number of pyridine rings is 1. The van der Waals surface area contributed by atoms with Crippen molar-refractivity contribution in [2.45, 2.75) is 13.3 Å². The predicted octanol–water partition coefficient (Wildman–Crippen LogP) is 3.93. The van der Waals surface area contributed by atoms with Crippen LogP contribution in [0.4, 0.5) is 0 Å². The normalized spacial score (nSPS) is 10.2. The molecule has 0 atom stereocenters. The molecule has 1 aromatic rings. The van der Waals surface area contributed by atoms with Crippen LogP contribution in [0.5, 0.6) is 0 Å². The summed E-state index contributed by atoms with van der Waals surface area (Å²) in [6.45, 7) is 2.08. The lowest BCUT2D eigenvalue weighted by Crippen LogP contribution is -1.89. The van der Waals surface area contributed by atoms with E-state index in [1.807, 2.05) is 0 Å². The van der Waals surface area contributed by atoms with Crippen molar-refractivity contribution in [1.29, 1.82) is 0 Å². The smallest absolute Gasteiger partial charge is 0.0555 e. The average Bonchev–Trinajstić information content (AvgIpc) is 2.01. The highest BCUT2D eigenvalue weighted by Gasteiger charge is 2.06. The number of nitrogens with zero attached hydrogens (tertiary/aromatic N) is 1. The van der Waals surface area contributed by atoms with Gasteiger partial charge in [-0.25, -0.2) is 0 Å². The van der Waals surface area contributed by atoms with Gasteiger partial charge in [-0.1, -0.05) is 6.92 Å². The van der Waals surface area contributed by atoms with Crippen LogP contribution in [-0.4, -0.2) is 4.98 Å². The molecule has 1 nitrogen and oxygen atoms in total. The van der Waals surface area contributed by atoms with Crippen molar-refractivity contribution in [3.05, 3.63) is 25.3 Å². The van der Waals surface area contributed by atoms with Crippen LogP contribution in [0.2, 0.25) is 0 Å². The Bertz CT molecular complexity index is 273. The van der Waals surface area contributed by atoms with Crippen molar-refractivity contribution in [2.24, 2.45) is 0 Å². The molecule has 1 aromatic heterocycles. The maximum absolute atomic E-state index is 4.23. The molecular weight excluding hydrogens is 338 g/mol. The SMILES string of the molecule is CCc1ncc(Br)c(Br)c1Br. The zero-order chi connectivity index (χ0) is 8.43. The van der Waals surface area contributed by atoms with Gasteiger partial charge in [-0.15, -0.1) is 0 Å². The molecule has 0 aromatic carbocycles. The molecule has 1 heterocycles. The molecule has 60 valence electrons. The van der Waals surface area contributed by atoms with Gasteiger partial charge in [0.1, 0.15) is 0 Å². The molecule has 0 bridgehead atoms. The van der Waals surface area contributed by atoms with Crippen LogP contribution in [0.25, 0.3) is 0 Å². The second-order valence-electron chi connectivity index (χ2n) is 2.03. The lowest BCUT2D eigenvalue weighted by molar-refractivity contribution is 1.01. The predicted molar refractivity (Wildman–Crippen MR) is 56.7 cm³/mol. The highest BCUT2D eigenvalue weighted by molar-refractivity contribution is 9.14. The summed E-state index contributed by atoms with van der Waals surface area (Å²) in [6.07, 6.45) is 2.74. The third kappa shape index (κ3) is 2.04. The van der Waals surface area contributed by atoms with Crippen LogP contribution in [0, 0.1) is 0 Å². The number of halogens is 3. The van der Waals surface area contributed by atoms with Crippen LogP contribution in [0.1, 0.15) is 12.6 Å². The van der Waals surface area contributed by atoms with E-state index in [9.17, 15) is 0 Å². The Balaban J connectivity index is 3.25. The Hall–Kier alpha value is 0.590. The van der Waals surface area contributed by atoms with E-state index in [0.29, 0.717) is 0 Å². The van der Waals surface area contributed by atoms with E-state index < -0.39 is 0 Å². The largest absolute Gasteiger partial charge is 0.259 e. The molecule has 0 unspecified atom stereocenters. The fraction of sp³-hybridized carbons (Fsp3) is 0.286. The van der Waals surface area contributed by atoms with Crippen molar-refractivity contribution in [2.75, 3.05) is 0 Å². The van der Waals surface area contributed by atoms with Gasteiger partial charge in [0.2, 0.25) is 0 Å². The van der Waals surface area contributed by atoms with E-state index in [1.165, 1.54) is 0 Å². The van der Waals surface area contributed by atoms with Gasteiger partial charge >= 0.3 is 0 Å². The van der Waals surface area contributed by atoms with Crippen molar-refractivity contribution in [3.8, 4) is 0 Å². The molecule has 0 amide bonds. The first-order chi connectivity index (χ1) is 5.16. The fourth-order valence-corrected chi connectivity index (χ4v) is 2.22. The van der Waals surface area contributed by atoms with E-state index in [-0.39, 0.29) is 0 Å². The molecular formula is C7H6Br3N. The molecule has 1 rings (SSSR count). The first-order valence-electron chi connectivity index (χ1n) is 3.15. The lowest BCUT2D eigenvalue weighted by atomic mass is 10.3. The summed E-state index contributed by atoms with van der Waals surface area (Å²) in [4.78, 5) is 4.23. The summed E-state index contributed by atoms with van der Waals surface area (Å²) in [6, 6.07) is 0. The van der Waals surface area contributed by atoms with E-state index in [2.05, 4.69) is 59.7 Å². The van der Waals surface area contributed by atoms with E-state index in [4.69, 9.17) is 0 Å². The molecule has 0 spiro atoms. The van der Waals surface area contributed by atoms with Crippen molar-refractivity contribution in [1.82, 2.24) is 4.98 Å². The monoisotopic (exact) mass is 341 g/mol. The number of hydrogen-bond acceptors (Lipinski definition) is 1. The molecule has 0 radical (unpaired) electrons. The molecule has 0 saturated heterocycles. The van der Waals surface area contributed by atoms with Crippen LogP contribution >= 0.6 is 47.8 Å². The molecule has 0 aliphatic heterocycles. The van der Waals surface area contributed by atoms with Gasteiger partial charge in [0, 0.05) is 10.7 Å². The van der Waals surface area contributed by atoms with Crippen LogP contribution in [0.15, 0.2) is 19.6 Å². The number of aryl methyl sites for hydroxylation is 1.